The van der Waals surface area contributed by atoms with E-state index in [1.807, 2.05) is 42.8 Å². The monoisotopic (exact) mass is 237 g/mol. The van der Waals surface area contributed by atoms with E-state index in [0.717, 1.165) is 16.6 Å². The van der Waals surface area contributed by atoms with E-state index in [2.05, 4.69) is 0 Å². The lowest BCUT2D eigenvalue weighted by atomic mass is 10.1. The topological polar surface area (TPSA) is 39.1 Å². The van der Waals surface area contributed by atoms with Crippen molar-refractivity contribution in [3.8, 4) is 0 Å². The average Bonchev–Trinajstić information content (AvgIpc) is 2.44. The Hall–Kier alpha value is -1.29. The van der Waals surface area contributed by atoms with E-state index >= 15 is 0 Å². The molecule has 0 N–H and O–H groups in total. The summed E-state index contributed by atoms with van der Waals surface area (Å²) in [5.41, 5.74) is 3.10. The van der Waals surface area contributed by atoms with E-state index in [1.54, 1.807) is 0 Å². The van der Waals surface area contributed by atoms with Gasteiger partial charge in [0.25, 0.3) is 0 Å². The number of hydrogen-bond donors (Lipinski definition) is 0. The van der Waals surface area contributed by atoms with Gasteiger partial charge < -0.3 is 4.57 Å². The zero-order chi connectivity index (χ0) is 11.9. The van der Waals surface area contributed by atoms with E-state index in [-0.39, 0.29) is 5.75 Å². The molecule has 3 nitrogen and oxygen atoms in total. The van der Waals surface area contributed by atoms with Gasteiger partial charge in [-0.15, -0.1) is 0 Å². The molecule has 1 aromatic carbocycles. The van der Waals surface area contributed by atoms with E-state index < -0.39 is 9.84 Å². The molecule has 1 heterocycles. The molecule has 0 unspecified atom stereocenters. The number of fused-ring (bicyclic) bond motifs is 1. The molecule has 0 fully saturated rings. The quantitative estimate of drug-likeness (QED) is 0.801. The number of nitrogens with zero attached hydrogens (tertiary/aromatic N) is 1. The number of aryl methyl sites for hydroxylation is 2. The fraction of sp³-hybridized carbons (Fsp3) is 0.333. The molecule has 0 aliphatic rings. The van der Waals surface area contributed by atoms with Crippen molar-refractivity contribution in [3.63, 3.8) is 0 Å². The van der Waals surface area contributed by atoms with Crippen molar-refractivity contribution < 1.29 is 8.42 Å². The molecule has 0 spiro atoms. The second kappa shape index (κ2) is 3.63. The number of rotatable bonds is 2. The Morgan fingerprint density at radius 3 is 2.56 bits per heavy atom. The molecule has 0 amide bonds. The Balaban J connectivity index is 2.65. The maximum atomic E-state index is 11.3. The zero-order valence-corrected chi connectivity index (χ0v) is 10.5. The van der Waals surface area contributed by atoms with Crippen LogP contribution in [0.4, 0.5) is 0 Å². The minimum Gasteiger partial charge on any atom is -0.347 e. The van der Waals surface area contributed by atoms with Crippen molar-refractivity contribution in [1.29, 1.82) is 0 Å². The smallest absolute Gasteiger partial charge is 0.153 e. The molecule has 86 valence electrons. The van der Waals surface area contributed by atoms with Crippen LogP contribution in [0.3, 0.4) is 0 Å². The van der Waals surface area contributed by atoms with Crippen molar-refractivity contribution >= 4 is 20.7 Å². The molecular formula is C12H15NO2S. The summed E-state index contributed by atoms with van der Waals surface area (Å²) in [6, 6.07) is 7.99. The molecule has 1 aromatic heterocycles. The predicted octanol–water partition coefficient (Wildman–Crippen LogP) is 2.03. The summed E-state index contributed by atoms with van der Waals surface area (Å²) in [6.07, 6.45) is 1.26. The Labute approximate surface area is 95.6 Å². The van der Waals surface area contributed by atoms with Crippen LogP contribution in [0, 0.1) is 6.92 Å². The summed E-state index contributed by atoms with van der Waals surface area (Å²) in [4.78, 5) is 0. The van der Waals surface area contributed by atoms with E-state index in [4.69, 9.17) is 0 Å². The van der Waals surface area contributed by atoms with E-state index in [0.29, 0.717) is 0 Å². The van der Waals surface area contributed by atoms with Gasteiger partial charge in [0.05, 0.1) is 5.75 Å². The van der Waals surface area contributed by atoms with Crippen molar-refractivity contribution in [2.24, 2.45) is 7.05 Å². The first kappa shape index (κ1) is 11.2. The summed E-state index contributed by atoms with van der Waals surface area (Å²) < 4.78 is 24.6. The fourth-order valence-corrected chi connectivity index (χ4v) is 2.78. The van der Waals surface area contributed by atoms with Crippen LogP contribution in [-0.2, 0) is 22.6 Å². The summed E-state index contributed by atoms with van der Waals surface area (Å²) >= 11 is 0. The molecule has 2 rings (SSSR count). The first-order valence-electron chi connectivity index (χ1n) is 5.10. The van der Waals surface area contributed by atoms with Crippen molar-refractivity contribution in [2.45, 2.75) is 12.7 Å². The van der Waals surface area contributed by atoms with Crippen LogP contribution in [0.25, 0.3) is 10.9 Å². The molecule has 0 bridgehead atoms. The molecule has 0 aliphatic heterocycles. The standard InChI is InChI=1S/C12H15NO2S/c1-9-5-4-6-12-11(9)7-10(13(12)2)8-16(3,14)15/h4-7H,8H2,1-3H3. The SMILES string of the molecule is Cc1cccc2c1cc(CS(C)(=O)=O)n2C. The molecule has 0 saturated carbocycles. The second-order valence-electron chi connectivity index (χ2n) is 4.27. The van der Waals surface area contributed by atoms with Gasteiger partial charge in [0.15, 0.2) is 9.84 Å². The van der Waals surface area contributed by atoms with Crippen LogP contribution < -0.4 is 0 Å². The molecule has 0 atom stereocenters. The third kappa shape index (κ3) is 1.97. The van der Waals surface area contributed by atoms with Gasteiger partial charge in [0, 0.05) is 29.9 Å². The van der Waals surface area contributed by atoms with Crippen molar-refractivity contribution in [3.05, 3.63) is 35.5 Å². The minimum absolute atomic E-state index is 0.0949. The van der Waals surface area contributed by atoms with Gasteiger partial charge in [-0.05, 0) is 24.6 Å². The molecular weight excluding hydrogens is 222 g/mol. The lowest BCUT2D eigenvalue weighted by Crippen LogP contribution is -2.05. The zero-order valence-electron chi connectivity index (χ0n) is 9.69. The highest BCUT2D eigenvalue weighted by Gasteiger charge is 2.11. The molecule has 0 radical (unpaired) electrons. The number of benzene rings is 1. The largest absolute Gasteiger partial charge is 0.347 e. The van der Waals surface area contributed by atoms with E-state index in [1.165, 1.54) is 11.8 Å². The summed E-state index contributed by atoms with van der Waals surface area (Å²) in [6.45, 7) is 2.03. The van der Waals surface area contributed by atoms with Crippen LogP contribution in [0.5, 0.6) is 0 Å². The maximum Gasteiger partial charge on any atom is 0.153 e. The van der Waals surface area contributed by atoms with Gasteiger partial charge in [0.2, 0.25) is 0 Å². The van der Waals surface area contributed by atoms with Crippen LogP contribution in [0.2, 0.25) is 0 Å². The Morgan fingerprint density at radius 2 is 2.00 bits per heavy atom. The molecule has 2 aromatic rings. The lowest BCUT2D eigenvalue weighted by molar-refractivity contribution is 0.599. The maximum absolute atomic E-state index is 11.3. The Kier molecular flexibility index (Phi) is 2.54. The number of hydrogen-bond acceptors (Lipinski definition) is 2. The van der Waals surface area contributed by atoms with Crippen molar-refractivity contribution in [1.82, 2.24) is 4.57 Å². The molecule has 0 saturated heterocycles. The van der Waals surface area contributed by atoms with Crippen LogP contribution in [0.15, 0.2) is 24.3 Å². The third-order valence-corrected chi connectivity index (χ3v) is 3.63. The second-order valence-corrected chi connectivity index (χ2v) is 6.41. The highest BCUT2D eigenvalue weighted by molar-refractivity contribution is 7.89. The lowest BCUT2D eigenvalue weighted by Gasteiger charge is -2.02. The fourth-order valence-electron chi connectivity index (χ4n) is 1.97. The number of sulfone groups is 1. The van der Waals surface area contributed by atoms with Gasteiger partial charge >= 0.3 is 0 Å². The van der Waals surface area contributed by atoms with Crippen LogP contribution in [0.1, 0.15) is 11.3 Å². The Morgan fingerprint density at radius 1 is 1.31 bits per heavy atom. The molecule has 4 heteroatoms. The first-order chi connectivity index (χ1) is 7.38. The average molecular weight is 237 g/mol. The highest BCUT2D eigenvalue weighted by Crippen LogP contribution is 2.23. The van der Waals surface area contributed by atoms with Crippen LogP contribution in [-0.4, -0.2) is 19.2 Å². The molecule has 16 heavy (non-hydrogen) atoms. The Bertz CT molecular complexity index is 638. The van der Waals surface area contributed by atoms with Gasteiger partial charge in [0.1, 0.15) is 0 Å². The van der Waals surface area contributed by atoms with Gasteiger partial charge in [-0.1, -0.05) is 12.1 Å². The predicted molar refractivity (Wildman–Crippen MR) is 66.2 cm³/mol. The van der Waals surface area contributed by atoms with Gasteiger partial charge in [-0.2, -0.15) is 0 Å². The minimum atomic E-state index is -2.98. The van der Waals surface area contributed by atoms with Crippen molar-refractivity contribution in [2.75, 3.05) is 6.26 Å². The summed E-state index contributed by atoms with van der Waals surface area (Å²) in [7, 11) is -1.08. The van der Waals surface area contributed by atoms with Crippen LogP contribution >= 0.6 is 0 Å². The first-order valence-corrected chi connectivity index (χ1v) is 7.16. The number of aromatic nitrogens is 1. The summed E-state index contributed by atoms with van der Waals surface area (Å²) in [5, 5.41) is 1.13. The molecule has 0 aliphatic carbocycles. The van der Waals surface area contributed by atoms with E-state index in [9.17, 15) is 8.42 Å². The summed E-state index contributed by atoms with van der Waals surface area (Å²) in [5.74, 6) is 0.0949. The highest BCUT2D eigenvalue weighted by atomic mass is 32.2. The van der Waals surface area contributed by atoms with Gasteiger partial charge in [-0.3, -0.25) is 0 Å². The normalized spacial score (nSPS) is 12.2. The van der Waals surface area contributed by atoms with Gasteiger partial charge in [-0.25, -0.2) is 8.42 Å². The third-order valence-electron chi connectivity index (χ3n) is 2.81.